The fourth-order valence-corrected chi connectivity index (χ4v) is 3.54. The Kier molecular flexibility index (Phi) is 6.93. The Morgan fingerprint density at radius 1 is 0.963 bits per heavy atom. The van der Waals surface area contributed by atoms with Crippen LogP contribution in [0, 0.1) is 0 Å². The summed E-state index contributed by atoms with van der Waals surface area (Å²) in [7, 11) is 6.36. The van der Waals surface area contributed by atoms with Gasteiger partial charge < -0.3 is 24.9 Å². The van der Waals surface area contributed by atoms with Crippen molar-refractivity contribution < 1.29 is 4.79 Å². The Morgan fingerprint density at radius 3 is 2.19 bits per heavy atom. The zero-order valence-electron chi connectivity index (χ0n) is 17.0. The van der Waals surface area contributed by atoms with Gasteiger partial charge in [-0.2, -0.15) is 0 Å². The summed E-state index contributed by atoms with van der Waals surface area (Å²) in [6, 6.07) is 8.26. The molecule has 7 heteroatoms. The SMILES string of the molecule is CN(C)CCN1CCN(C(=O)Nc2ccc(N3CCN(C)CC3)cc2)CC1. The van der Waals surface area contributed by atoms with E-state index in [2.05, 4.69) is 58.2 Å². The number of amides is 2. The van der Waals surface area contributed by atoms with Crippen molar-refractivity contribution in [1.29, 1.82) is 0 Å². The molecule has 0 spiro atoms. The third-order valence-electron chi connectivity index (χ3n) is 5.51. The molecule has 2 heterocycles. The van der Waals surface area contributed by atoms with Gasteiger partial charge in [0.25, 0.3) is 0 Å². The summed E-state index contributed by atoms with van der Waals surface area (Å²) in [5.41, 5.74) is 2.10. The van der Waals surface area contributed by atoms with Gasteiger partial charge in [-0.05, 0) is 45.4 Å². The number of nitrogens with one attached hydrogen (secondary N) is 1. The topological polar surface area (TPSA) is 45.3 Å². The summed E-state index contributed by atoms with van der Waals surface area (Å²) in [5.74, 6) is 0. The third kappa shape index (κ3) is 5.82. The van der Waals surface area contributed by atoms with Crippen molar-refractivity contribution >= 4 is 17.4 Å². The van der Waals surface area contributed by atoms with Crippen molar-refractivity contribution in [3.05, 3.63) is 24.3 Å². The van der Waals surface area contributed by atoms with E-state index < -0.39 is 0 Å². The number of rotatable bonds is 5. The Hall–Kier alpha value is -1.83. The first-order chi connectivity index (χ1) is 13.0. The Bertz CT molecular complexity index is 589. The molecule has 2 saturated heterocycles. The number of likely N-dealkylation sites (N-methyl/N-ethyl adjacent to an activating group) is 2. The minimum Gasteiger partial charge on any atom is -0.369 e. The summed E-state index contributed by atoms with van der Waals surface area (Å²) in [6.45, 7) is 9.91. The van der Waals surface area contributed by atoms with Crippen molar-refractivity contribution in [3.8, 4) is 0 Å². The summed E-state index contributed by atoms with van der Waals surface area (Å²) in [5, 5.41) is 3.05. The zero-order valence-corrected chi connectivity index (χ0v) is 17.0. The van der Waals surface area contributed by atoms with Crippen LogP contribution in [-0.2, 0) is 0 Å². The quantitative estimate of drug-likeness (QED) is 0.838. The lowest BCUT2D eigenvalue weighted by Gasteiger charge is -2.35. The number of urea groups is 1. The van der Waals surface area contributed by atoms with Gasteiger partial charge in [0.1, 0.15) is 0 Å². The third-order valence-corrected chi connectivity index (χ3v) is 5.51. The standard InChI is InChI=1S/C20H34N6O/c1-22(2)8-11-24-12-16-26(17-13-24)20(27)21-18-4-6-19(7-5-18)25-14-9-23(3)10-15-25/h4-7H,8-17H2,1-3H3,(H,21,27). The first-order valence-corrected chi connectivity index (χ1v) is 9.98. The lowest BCUT2D eigenvalue weighted by molar-refractivity contribution is 0.140. The normalized spacial score (nSPS) is 19.6. The highest BCUT2D eigenvalue weighted by molar-refractivity contribution is 5.89. The van der Waals surface area contributed by atoms with E-state index in [0.717, 1.165) is 71.1 Å². The van der Waals surface area contributed by atoms with Gasteiger partial charge in [-0.25, -0.2) is 4.79 Å². The largest absolute Gasteiger partial charge is 0.369 e. The molecule has 0 atom stereocenters. The van der Waals surface area contributed by atoms with E-state index in [1.54, 1.807) is 0 Å². The Labute approximate surface area is 163 Å². The maximum absolute atomic E-state index is 12.5. The van der Waals surface area contributed by atoms with E-state index in [1.807, 2.05) is 17.0 Å². The number of carbonyl (C=O) groups is 1. The van der Waals surface area contributed by atoms with E-state index in [0.29, 0.717) is 0 Å². The van der Waals surface area contributed by atoms with Crippen LogP contribution in [0.5, 0.6) is 0 Å². The van der Waals surface area contributed by atoms with Gasteiger partial charge in [0.05, 0.1) is 0 Å². The first-order valence-electron chi connectivity index (χ1n) is 9.98. The summed E-state index contributed by atoms with van der Waals surface area (Å²) in [4.78, 5) is 23.8. The second kappa shape index (κ2) is 9.39. The average Bonchev–Trinajstić information content (AvgIpc) is 2.68. The molecule has 0 radical (unpaired) electrons. The fourth-order valence-electron chi connectivity index (χ4n) is 3.54. The predicted octanol–water partition coefficient (Wildman–Crippen LogP) is 1.15. The highest BCUT2D eigenvalue weighted by atomic mass is 16.2. The monoisotopic (exact) mass is 374 g/mol. The van der Waals surface area contributed by atoms with Crippen molar-refractivity contribution in [2.75, 3.05) is 96.8 Å². The maximum atomic E-state index is 12.5. The molecule has 2 fully saturated rings. The molecule has 150 valence electrons. The molecule has 2 amide bonds. The van der Waals surface area contributed by atoms with Crippen molar-refractivity contribution in [2.24, 2.45) is 0 Å². The number of piperazine rings is 2. The molecule has 1 aromatic rings. The van der Waals surface area contributed by atoms with Gasteiger partial charge in [-0.15, -0.1) is 0 Å². The summed E-state index contributed by atoms with van der Waals surface area (Å²) in [6.07, 6.45) is 0. The zero-order chi connectivity index (χ0) is 19.2. The molecule has 0 aromatic heterocycles. The van der Waals surface area contributed by atoms with E-state index in [1.165, 1.54) is 5.69 Å². The van der Waals surface area contributed by atoms with E-state index in [-0.39, 0.29) is 6.03 Å². The van der Waals surface area contributed by atoms with E-state index in [4.69, 9.17) is 0 Å². The van der Waals surface area contributed by atoms with Gasteiger partial charge in [0.2, 0.25) is 0 Å². The van der Waals surface area contributed by atoms with Crippen molar-refractivity contribution in [2.45, 2.75) is 0 Å². The minimum absolute atomic E-state index is 0.00890. The molecular formula is C20H34N6O. The number of hydrogen-bond donors (Lipinski definition) is 1. The highest BCUT2D eigenvalue weighted by Gasteiger charge is 2.21. The number of hydrogen-bond acceptors (Lipinski definition) is 5. The second-order valence-electron chi connectivity index (χ2n) is 7.90. The Balaban J connectivity index is 1.44. The summed E-state index contributed by atoms with van der Waals surface area (Å²) < 4.78 is 0. The first kappa shape index (κ1) is 19.9. The molecule has 0 aliphatic carbocycles. The average molecular weight is 375 g/mol. The van der Waals surface area contributed by atoms with Crippen LogP contribution in [-0.4, -0.2) is 112 Å². The molecule has 0 unspecified atom stereocenters. The van der Waals surface area contributed by atoms with Crippen LogP contribution in [0.2, 0.25) is 0 Å². The summed E-state index contributed by atoms with van der Waals surface area (Å²) >= 11 is 0. The maximum Gasteiger partial charge on any atom is 0.321 e. The van der Waals surface area contributed by atoms with Crippen molar-refractivity contribution in [1.82, 2.24) is 19.6 Å². The molecule has 7 nitrogen and oxygen atoms in total. The molecule has 3 rings (SSSR count). The number of nitrogens with zero attached hydrogens (tertiary/aromatic N) is 5. The minimum atomic E-state index is 0.00890. The highest BCUT2D eigenvalue weighted by Crippen LogP contribution is 2.19. The van der Waals surface area contributed by atoms with Crippen LogP contribution in [0.25, 0.3) is 0 Å². The molecule has 2 aliphatic rings. The van der Waals surface area contributed by atoms with Crippen LogP contribution < -0.4 is 10.2 Å². The van der Waals surface area contributed by atoms with Crippen molar-refractivity contribution in [3.63, 3.8) is 0 Å². The number of carbonyl (C=O) groups excluding carboxylic acids is 1. The van der Waals surface area contributed by atoms with Crippen LogP contribution in [0.3, 0.4) is 0 Å². The fraction of sp³-hybridized carbons (Fsp3) is 0.650. The van der Waals surface area contributed by atoms with Gasteiger partial charge in [0.15, 0.2) is 0 Å². The van der Waals surface area contributed by atoms with Crippen LogP contribution in [0.1, 0.15) is 0 Å². The lowest BCUT2D eigenvalue weighted by Crippen LogP contribution is -2.51. The van der Waals surface area contributed by atoms with Crippen LogP contribution in [0.15, 0.2) is 24.3 Å². The number of anilines is 2. The molecule has 27 heavy (non-hydrogen) atoms. The molecule has 2 aliphatic heterocycles. The van der Waals surface area contributed by atoms with Crippen LogP contribution >= 0.6 is 0 Å². The predicted molar refractivity (Wildman–Crippen MR) is 112 cm³/mol. The van der Waals surface area contributed by atoms with E-state index in [9.17, 15) is 4.79 Å². The lowest BCUT2D eigenvalue weighted by atomic mass is 10.2. The second-order valence-corrected chi connectivity index (χ2v) is 7.90. The smallest absolute Gasteiger partial charge is 0.321 e. The van der Waals surface area contributed by atoms with Gasteiger partial charge in [-0.3, -0.25) is 4.90 Å². The van der Waals surface area contributed by atoms with E-state index >= 15 is 0 Å². The van der Waals surface area contributed by atoms with Gasteiger partial charge >= 0.3 is 6.03 Å². The van der Waals surface area contributed by atoms with Gasteiger partial charge in [-0.1, -0.05) is 0 Å². The molecule has 1 N–H and O–H groups in total. The molecule has 0 bridgehead atoms. The molecule has 1 aromatic carbocycles. The van der Waals surface area contributed by atoms with Crippen LogP contribution in [0.4, 0.5) is 16.2 Å². The Morgan fingerprint density at radius 2 is 1.59 bits per heavy atom. The molecular weight excluding hydrogens is 340 g/mol. The van der Waals surface area contributed by atoms with Gasteiger partial charge in [0, 0.05) is 76.8 Å². The number of benzene rings is 1. The molecule has 0 saturated carbocycles.